The predicted octanol–water partition coefficient (Wildman–Crippen LogP) is 3.20. The second-order valence-corrected chi connectivity index (χ2v) is 7.49. The predicted molar refractivity (Wildman–Crippen MR) is 108 cm³/mol. The SMILES string of the molecule is CCOc1ccc2c(c1)nc(O[C@H]1CC[C@H](OC[C@H](C)NC(C)=O)CC1)n2C. The maximum atomic E-state index is 11.1. The number of imidazole rings is 1. The lowest BCUT2D eigenvalue weighted by atomic mass is 9.95. The van der Waals surface area contributed by atoms with Gasteiger partial charge in [0.25, 0.3) is 6.01 Å². The zero-order valence-corrected chi connectivity index (χ0v) is 17.2. The van der Waals surface area contributed by atoms with E-state index in [-0.39, 0.29) is 24.2 Å². The first-order valence-electron chi connectivity index (χ1n) is 10.1. The minimum Gasteiger partial charge on any atom is -0.494 e. The Balaban J connectivity index is 1.52. The van der Waals surface area contributed by atoms with E-state index in [9.17, 15) is 4.79 Å². The fraction of sp³-hybridized carbons (Fsp3) is 0.619. The van der Waals surface area contributed by atoms with E-state index in [0.717, 1.165) is 42.5 Å². The molecule has 0 spiro atoms. The summed E-state index contributed by atoms with van der Waals surface area (Å²) in [5.41, 5.74) is 1.91. The van der Waals surface area contributed by atoms with Gasteiger partial charge in [0, 0.05) is 26.1 Å². The van der Waals surface area contributed by atoms with Crippen molar-refractivity contribution < 1.29 is 19.0 Å². The largest absolute Gasteiger partial charge is 0.494 e. The van der Waals surface area contributed by atoms with Crippen molar-refractivity contribution in [3.8, 4) is 11.8 Å². The molecule has 0 radical (unpaired) electrons. The summed E-state index contributed by atoms with van der Waals surface area (Å²) >= 11 is 0. The highest BCUT2D eigenvalue weighted by Gasteiger charge is 2.25. The van der Waals surface area contributed by atoms with Crippen LogP contribution in [0.15, 0.2) is 18.2 Å². The summed E-state index contributed by atoms with van der Waals surface area (Å²) in [6.45, 7) is 6.63. The molecule has 1 aromatic heterocycles. The van der Waals surface area contributed by atoms with Crippen LogP contribution in [-0.2, 0) is 16.6 Å². The van der Waals surface area contributed by atoms with Gasteiger partial charge in [0.05, 0.1) is 30.4 Å². The Morgan fingerprint density at radius 3 is 2.68 bits per heavy atom. The number of amides is 1. The number of aromatic nitrogens is 2. The van der Waals surface area contributed by atoms with Gasteiger partial charge in [-0.25, -0.2) is 0 Å². The number of hydrogen-bond acceptors (Lipinski definition) is 5. The lowest BCUT2D eigenvalue weighted by Gasteiger charge is -2.29. The van der Waals surface area contributed by atoms with E-state index in [1.807, 2.05) is 43.7 Å². The maximum absolute atomic E-state index is 11.1. The second-order valence-electron chi connectivity index (χ2n) is 7.49. The van der Waals surface area contributed by atoms with E-state index in [1.54, 1.807) is 0 Å². The molecule has 28 heavy (non-hydrogen) atoms. The van der Waals surface area contributed by atoms with E-state index in [0.29, 0.717) is 19.2 Å². The normalized spacial score (nSPS) is 20.7. The zero-order chi connectivity index (χ0) is 20.1. The number of aryl methyl sites for hydroxylation is 1. The van der Waals surface area contributed by atoms with E-state index in [2.05, 4.69) is 10.3 Å². The van der Waals surface area contributed by atoms with Crippen molar-refractivity contribution in [3.05, 3.63) is 18.2 Å². The van der Waals surface area contributed by atoms with Crippen LogP contribution in [0, 0.1) is 0 Å². The first-order valence-corrected chi connectivity index (χ1v) is 10.1. The Morgan fingerprint density at radius 1 is 1.29 bits per heavy atom. The van der Waals surface area contributed by atoms with Crippen molar-refractivity contribution in [3.63, 3.8) is 0 Å². The third-order valence-corrected chi connectivity index (χ3v) is 5.05. The maximum Gasteiger partial charge on any atom is 0.297 e. The standard InChI is InChI=1S/C21H31N3O4/c1-5-26-18-10-11-20-19(12-18)23-21(24(20)4)28-17-8-6-16(7-9-17)27-13-14(2)22-15(3)25/h10-12,14,16-17H,5-9,13H2,1-4H3,(H,22,25)/t14-,16-,17-/m0/s1. The molecule has 0 bridgehead atoms. The first kappa shape index (κ1) is 20.5. The number of fused-ring (bicyclic) bond motifs is 1. The third kappa shape index (κ3) is 5.16. The molecule has 1 amide bonds. The smallest absolute Gasteiger partial charge is 0.297 e. The Kier molecular flexibility index (Phi) is 6.78. The molecule has 7 nitrogen and oxygen atoms in total. The number of benzene rings is 1. The van der Waals surface area contributed by atoms with Crippen LogP contribution >= 0.6 is 0 Å². The molecule has 3 rings (SSSR count). The Bertz CT molecular complexity index is 796. The molecule has 1 fully saturated rings. The number of carbonyl (C=O) groups excluding carboxylic acids is 1. The Hall–Kier alpha value is -2.28. The van der Waals surface area contributed by atoms with Crippen molar-refractivity contribution in [1.29, 1.82) is 0 Å². The highest BCUT2D eigenvalue weighted by atomic mass is 16.5. The molecule has 1 N–H and O–H groups in total. The van der Waals surface area contributed by atoms with Gasteiger partial charge in [-0.3, -0.25) is 9.36 Å². The molecular weight excluding hydrogens is 358 g/mol. The highest BCUT2D eigenvalue weighted by molar-refractivity contribution is 5.78. The number of rotatable bonds is 8. The van der Waals surface area contributed by atoms with Crippen molar-refractivity contribution in [2.24, 2.45) is 7.05 Å². The van der Waals surface area contributed by atoms with Gasteiger partial charge in [-0.05, 0) is 51.7 Å². The number of hydrogen-bond donors (Lipinski definition) is 1. The minimum absolute atomic E-state index is 0.0240. The molecule has 1 aliphatic rings. The van der Waals surface area contributed by atoms with Crippen LogP contribution < -0.4 is 14.8 Å². The molecule has 0 saturated heterocycles. The average Bonchev–Trinajstić information content (AvgIpc) is 2.96. The van der Waals surface area contributed by atoms with Crippen LogP contribution in [0.25, 0.3) is 11.0 Å². The number of nitrogens with one attached hydrogen (secondary N) is 1. The van der Waals surface area contributed by atoms with E-state index in [4.69, 9.17) is 14.2 Å². The van der Waals surface area contributed by atoms with Gasteiger partial charge < -0.3 is 19.5 Å². The number of nitrogens with zero attached hydrogens (tertiary/aromatic N) is 2. The zero-order valence-electron chi connectivity index (χ0n) is 17.2. The Morgan fingerprint density at radius 2 is 2.00 bits per heavy atom. The van der Waals surface area contributed by atoms with Gasteiger partial charge in [0.15, 0.2) is 0 Å². The molecule has 154 valence electrons. The van der Waals surface area contributed by atoms with Crippen molar-refractivity contribution >= 4 is 16.9 Å². The van der Waals surface area contributed by atoms with Gasteiger partial charge in [-0.2, -0.15) is 4.98 Å². The van der Waals surface area contributed by atoms with Crippen molar-refractivity contribution in [2.75, 3.05) is 13.2 Å². The molecule has 7 heteroatoms. The van der Waals surface area contributed by atoms with Gasteiger partial charge in [-0.1, -0.05) is 0 Å². The Labute approximate surface area is 166 Å². The van der Waals surface area contributed by atoms with Gasteiger partial charge in [0.2, 0.25) is 5.91 Å². The summed E-state index contributed by atoms with van der Waals surface area (Å²) in [5.74, 6) is 0.801. The molecule has 1 saturated carbocycles. The van der Waals surface area contributed by atoms with Gasteiger partial charge in [-0.15, -0.1) is 0 Å². The van der Waals surface area contributed by atoms with Crippen LogP contribution in [0.4, 0.5) is 0 Å². The van der Waals surface area contributed by atoms with Crippen LogP contribution in [0.5, 0.6) is 11.8 Å². The van der Waals surface area contributed by atoms with Crippen molar-refractivity contribution in [2.45, 2.75) is 64.7 Å². The van der Waals surface area contributed by atoms with E-state index < -0.39 is 0 Å². The lowest BCUT2D eigenvalue weighted by Crippen LogP contribution is -2.37. The van der Waals surface area contributed by atoms with Crippen LogP contribution in [-0.4, -0.2) is 46.9 Å². The number of ether oxygens (including phenoxy) is 3. The topological polar surface area (TPSA) is 74.6 Å². The minimum atomic E-state index is -0.0240. The van der Waals surface area contributed by atoms with Gasteiger partial charge >= 0.3 is 0 Å². The molecule has 1 atom stereocenters. The monoisotopic (exact) mass is 389 g/mol. The molecule has 0 aliphatic heterocycles. The fourth-order valence-electron chi connectivity index (χ4n) is 3.65. The number of carbonyl (C=O) groups is 1. The molecular formula is C21H31N3O4. The molecule has 2 aromatic rings. The van der Waals surface area contributed by atoms with Gasteiger partial charge in [0.1, 0.15) is 11.9 Å². The molecule has 1 aliphatic carbocycles. The molecule has 1 aromatic carbocycles. The second kappa shape index (κ2) is 9.28. The summed E-state index contributed by atoms with van der Waals surface area (Å²) in [7, 11) is 1.98. The molecule has 0 unspecified atom stereocenters. The molecule has 1 heterocycles. The van der Waals surface area contributed by atoms with E-state index >= 15 is 0 Å². The summed E-state index contributed by atoms with van der Waals surface area (Å²) in [6, 6.07) is 6.61. The fourth-order valence-corrected chi connectivity index (χ4v) is 3.65. The van der Waals surface area contributed by atoms with Crippen LogP contribution in [0.3, 0.4) is 0 Å². The third-order valence-electron chi connectivity index (χ3n) is 5.05. The van der Waals surface area contributed by atoms with Crippen molar-refractivity contribution in [1.82, 2.24) is 14.9 Å². The summed E-state index contributed by atoms with van der Waals surface area (Å²) < 4.78 is 19.7. The van der Waals surface area contributed by atoms with Crippen LogP contribution in [0.2, 0.25) is 0 Å². The summed E-state index contributed by atoms with van der Waals surface area (Å²) in [4.78, 5) is 15.7. The highest BCUT2D eigenvalue weighted by Crippen LogP contribution is 2.28. The first-order chi connectivity index (χ1) is 13.5. The lowest BCUT2D eigenvalue weighted by molar-refractivity contribution is -0.120. The van der Waals surface area contributed by atoms with Crippen LogP contribution in [0.1, 0.15) is 46.5 Å². The average molecular weight is 389 g/mol. The van der Waals surface area contributed by atoms with E-state index in [1.165, 1.54) is 6.92 Å². The summed E-state index contributed by atoms with van der Waals surface area (Å²) in [6.07, 6.45) is 4.16. The summed E-state index contributed by atoms with van der Waals surface area (Å²) in [5, 5.41) is 2.85. The quantitative estimate of drug-likeness (QED) is 0.750.